The summed E-state index contributed by atoms with van der Waals surface area (Å²) in [4.78, 5) is 14.9. The third kappa shape index (κ3) is 6.91. The molecule has 0 spiro atoms. The Kier molecular flexibility index (Phi) is 10.4. The number of fused-ring (bicyclic) bond motifs is 1. The normalized spacial score (nSPS) is 20.7. The minimum atomic E-state index is -2.35. The van der Waals surface area contributed by atoms with Crippen LogP contribution in [-0.4, -0.2) is 49.3 Å². The Labute approximate surface area is 285 Å². The van der Waals surface area contributed by atoms with Crippen LogP contribution >= 0.6 is 0 Å². The van der Waals surface area contributed by atoms with Gasteiger partial charge in [-0.15, -0.1) is 0 Å². The molecule has 1 fully saturated rings. The van der Waals surface area contributed by atoms with Crippen LogP contribution in [0.1, 0.15) is 57.5 Å². The van der Waals surface area contributed by atoms with Gasteiger partial charge in [-0.25, -0.2) is 22.0 Å². The molecule has 4 aromatic carbocycles. The zero-order chi connectivity index (χ0) is 35.7. The summed E-state index contributed by atoms with van der Waals surface area (Å²) >= 11 is 0. The van der Waals surface area contributed by atoms with Gasteiger partial charge in [-0.2, -0.15) is 0 Å². The molecule has 2 N–H and O–H groups in total. The Morgan fingerprint density at radius 3 is 2.02 bits per heavy atom. The number of ether oxygens (including phenoxy) is 4. The van der Waals surface area contributed by atoms with Gasteiger partial charge in [-0.1, -0.05) is 43.3 Å². The number of nitrogens with zero attached hydrogens (tertiary/aromatic N) is 1. The van der Waals surface area contributed by atoms with Gasteiger partial charge >= 0.3 is 0 Å². The van der Waals surface area contributed by atoms with Gasteiger partial charge < -0.3 is 29.4 Å². The predicted molar refractivity (Wildman–Crippen MR) is 172 cm³/mol. The minimum Gasteiger partial charge on any atom is -0.493 e. The molecule has 8 nitrogen and oxygen atoms in total. The number of hydrogen-bond acceptors (Lipinski definition) is 7. The van der Waals surface area contributed by atoms with Gasteiger partial charge in [0.2, 0.25) is 5.82 Å². The van der Waals surface area contributed by atoms with Crippen LogP contribution in [0.2, 0.25) is 0 Å². The maximum atomic E-state index is 14.2. The summed E-state index contributed by atoms with van der Waals surface area (Å²) < 4.78 is 93.3. The summed E-state index contributed by atoms with van der Waals surface area (Å²) in [5.74, 6) is -11.5. The summed E-state index contributed by atoms with van der Waals surface area (Å²) in [7, 11) is 3.21. The average Bonchev–Trinajstić information content (AvgIpc) is 3.13. The van der Waals surface area contributed by atoms with Gasteiger partial charge in [0.05, 0.1) is 33.0 Å². The minimum absolute atomic E-state index is 0.0404. The highest BCUT2D eigenvalue weighted by Gasteiger charge is 2.39. The highest BCUT2D eigenvalue weighted by molar-refractivity contribution is 6.04. The smallest absolute Gasteiger partial charge is 0.261 e. The van der Waals surface area contributed by atoms with E-state index in [1.54, 1.807) is 26.4 Å². The maximum Gasteiger partial charge on any atom is 0.261 e. The fourth-order valence-electron chi connectivity index (χ4n) is 6.40. The zero-order valence-corrected chi connectivity index (χ0v) is 27.4. The Bertz CT molecular complexity index is 1850. The molecule has 4 atom stereocenters. The van der Waals surface area contributed by atoms with Crippen molar-refractivity contribution in [2.24, 2.45) is 5.92 Å². The number of carbonyl (C=O) groups is 1. The van der Waals surface area contributed by atoms with Gasteiger partial charge in [0.25, 0.3) is 5.91 Å². The number of hydrogen-bond donors (Lipinski definition) is 2. The zero-order valence-electron chi connectivity index (χ0n) is 27.4. The second-order valence-corrected chi connectivity index (χ2v) is 12.3. The number of rotatable bonds is 9. The molecular weight excluding hydrogens is 663 g/mol. The van der Waals surface area contributed by atoms with Gasteiger partial charge in [0, 0.05) is 36.8 Å². The van der Waals surface area contributed by atoms with E-state index in [1.165, 1.54) is 17.7 Å². The molecular formula is C37H35F5N2O6. The lowest BCUT2D eigenvalue weighted by Crippen LogP contribution is -2.45. The third-order valence-corrected chi connectivity index (χ3v) is 9.24. The standard InChI is InChI=1S/C37H35F5N2O6/c1-19-28(17-44-13-12-23-14-26(47-2)27(48-3)15-24(23)16-44)49-37(50-35(19)21-6-4-20(18-45)5-7-21)22-8-10-25(11-9-22)43-36(46)29-30(38)32(40)34(42)33(41)31(29)39/h4-11,14-15,19,28,35,37,45H,12-13,16-18H2,1-3H3,(H,43,46)/t19-,28+,35+,37+/m1/s1. The molecule has 2 heterocycles. The summed E-state index contributed by atoms with van der Waals surface area (Å²) in [6, 6.07) is 17.4. The van der Waals surface area contributed by atoms with E-state index >= 15 is 0 Å². The lowest BCUT2D eigenvalue weighted by Gasteiger charge is -2.43. The largest absolute Gasteiger partial charge is 0.493 e. The van der Waals surface area contributed by atoms with Crippen LogP contribution in [0.25, 0.3) is 0 Å². The molecule has 2 aliphatic heterocycles. The predicted octanol–water partition coefficient (Wildman–Crippen LogP) is 6.99. The highest BCUT2D eigenvalue weighted by Crippen LogP contribution is 2.43. The van der Waals surface area contributed by atoms with Crippen molar-refractivity contribution >= 4 is 11.6 Å². The van der Waals surface area contributed by atoms with Crippen molar-refractivity contribution in [3.63, 3.8) is 0 Å². The van der Waals surface area contributed by atoms with Crippen molar-refractivity contribution in [3.8, 4) is 11.5 Å². The molecule has 50 heavy (non-hydrogen) atoms. The van der Waals surface area contributed by atoms with Crippen molar-refractivity contribution in [1.82, 2.24) is 4.90 Å². The average molecular weight is 699 g/mol. The molecule has 264 valence electrons. The summed E-state index contributed by atoms with van der Waals surface area (Å²) in [6.07, 6.45) is -0.755. The Hall–Kier alpha value is -4.56. The van der Waals surface area contributed by atoms with Crippen molar-refractivity contribution in [2.75, 3.05) is 32.6 Å². The van der Waals surface area contributed by atoms with Crippen molar-refractivity contribution < 1.29 is 50.8 Å². The van der Waals surface area contributed by atoms with Crippen molar-refractivity contribution in [2.45, 2.75) is 45.0 Å². The number of benzene rings is 4. The van der Waals surface area contributed by atoms with Crippen LogP contribution in [0.15, 0.2) is 60.7 Å². The summed E-state index contributed by atoms with van der Waals surface area (Å²) in [5.41, 5.74) is 2.98. The molecule has 0 saturated carbocycles. The molecule has 1 amide bonds. The summed E-state index contributed by atoms with van der Waals surface area (Å²) in [5, 5.41) is 11.7. The topological polar surface area (TPSA) is 89.5 Å². The molecule has 0 radical (unpaired) electrons. The number of methoxy groups -OCH3 is 2. The van der Waals surface area contributed by atoms with Crippen LogP contribution < -0.4 is 14.8 Å². The van der Waals surface area contributed by atoms with Gasteiger partial charge in [-0.3, -0.25) is 9.69 Å². The van der Waals surface area contributed by atoms with Crippen LogP contribution in [0.4, 0.5) is 27.6 Å². The van der Waals surface area contributed by atoms with E-state index in [0.29, 0.717) is 30.2 Å². The SMILES string of the molecule is COc1cc2c(cc1OC)CN(C[C@@H]1O[C@H](c3ccc(NC(=O)c4c(F)c(F)c(F)c(F)c4F)cc3)O[C@H](c3ccc(CO)cc3)[C@@H]1C)CC2. The number of aliphatic hydroxyl groups excluding tert-OH is 1. The van der Waals surface area contributed by atoms with Crippen LogP contribution in [-0.2, 0) is 29.0 Å². The molecule has 0 bridgehead atoms. The lowest BCUT2D eigenvalue weighted by atomic mass is 9.89. The third-order valence-electron chi connectivity index (χ3n) is 9.24. The second kappa shape index (κ2) is 14.7. The Morgan fingerprint density at radius 2 is 1.42 bits per heavy atom. The number of halogens is 5. The maximum absolute atomic E-state index is 14.2. The number of amides is 1. The molecule has 0 unspecified atom stereocenters. The van der Waals surface area contributed by atoms with Crippen LogP contribution in [0.5, 0.6) is 11.5 Å². The number of carbonyl (C=O) groups excluding carboxylic acids is 1. The molecule has 2 aliphatic rings. The molecule has 13 heteroatoms. The lowest BCUT2D eigenvalue weighted by molar-refractivity contribution is -0.276. The van der Waals surface area contributed by atoms with E-state index < -0.39 is 53.0 Å². The monoisotopic (exact) mass is 698 g/mol. The molecule has 0 aliphatic carbocycles. The highest BCUT2D eigenvalue weighted by atomic mass is 19.2. The fourth-order valence-corrected chi connectivity index (χ4v) is 6.40. The van der Waals surface area contributed by atoms with Crippen LogP contribution in [0, 0.1) is 35.0 Å². The first-order valence-corrected chi connectivity index (χ1v) is 15.9. The first-order valence-electron chi connectivity index (χ1n) is 15.9. The number of aliphatic hydroxyl groups is 1. The number of nitrogens with one attached hydrogen (secondary N) is 1. The molecule has 4 aromatic rings. The molecule has 0 aromatic heterocycles. The van der Waals surface area contributed by atoms with E-state index in [1.807, 2.05) is 36.4 Å². The van der Waals surface area contributed by atoms with E-state index in [-0.39, 0.29) is 24.3 Å². The Morgan fingerprint density at radius 1 is 0.840 bits per heavy atom. The second-order valence-electron chi connectivity index (χ2n) is 12.3. The first kappa shape index (κ1) is 35.3. The van der Waals surface area contributed by atoms with Gasteiger partial charge in [0.1, 0.15) is 5.56 Å². The van der Waals surface area contributed by atoms with Gasteiger partial charge in [0.15, 0.2) is 41.1 Å². The Balaban J connectivity index is 1.23. The van der Waals surface area contributed by atoms with Crippen LogP contribution in [0.3, 0.4) is 0 Å². The quantitative estimate of drug-likeness (QED) is 0.111. The molecule has 6 rings (SSSR count). The summed E-state index contributed by atoms with van der Waals surface area (Å²) in [6.45, 7) is 3.98. The first-order chi connectivity index (χ1) is 24.0. The van der Waals surface area contributed by atoms with E-state index in [4.69, 9.17) is 18.9 Å². The molecule has 1 saturated heterocycles. The fraction of sp³-hybridized carbons (Fsp3) is 0.324. The van der Waals surface area contributed by atoms with Gasteiger partial charge in [-0.05, 0) is 52.9 Å². The number of anilines is 1. The van der Waals surface area contributed by atoms with E-state index in [2.05, 4.69) is 17.1 Å². The van der Waals surface area contributed by atoms with Crippen molar-refractivity contribution in [3.05, 3.63) is 123 Å². The van der Waals surface area contributed by atoms with E-state index in [9.17, 15) is 31.9 Å². The van der Waals surface area contributed by atoms with Crippen molar-refractivity contribution in [1.29, 1.82) is 0 Å². The van der Waals surface area contributed by atoms with E-state index in [0.717, 1.165) is 29.7 Å².